The molecule has 0 aromatic heterocycles. The maximum Gasteiger partial charge on any atom is 0.254 e. The Morgan fingerprint density at radius 1 is 1.06 bits per heavy atom. The van der Waals surface area contributed by atoms with Crippen LogP contribution in [0, 0.1) is 39.1 Å². The van der Waals surface area contributed by atoms with Gasteiger partial charge in [-0.1, -0.05) is 41.4 Å². The first-order valence-corrected chi connectivity index (χ1v) is 13.8. The Labute approximate surface area is 232 Å². The number of nitrogens with zero attached hydrogens (tertiary/aromatic N) is 2. The van der Waals surface area contributed by atoms with Crippen LogP contribution in [0.4, 0.5) is 0 Å². The van der Waals surface area contributed by atoms with Gasteiger partial charge in [-0.15, -0.1) is 0 Å². The smallest absolute Gasteiger partial charge is 0.254 e. The first kappa shape index (κ1) is 24.2. The van der Waals surface area contributed by atoms with E-state index in [1.165, 1.54) is 0 Å². The largest absolute Gasteiger partial charge is 0.490 e. The van der Waals surface area contributed by atoms with Gasteiger partial charge in [-0.2, -0.15) is 10.1 Å². The zero-order valence-electron chi connectivity index (χ0n) is 19.4. The summed E-state index contributed by atoms with van der Waals surface area (Å²) in [6.45, 7) is 2.58. The summed E-state index contributed by atoms with van der Waals surface area (Å²) in [5.74, 6) is 1.74. The van der Waals surface area contributed by atoms with Crippen molar-refractivity contribution in [1.82, 2.24) is 5.01 Å². The van der Waals surface area contributed by atoms with Crippen molar-refractivity contribution in [3.8, 4) is 11.5 Å². The molecule has 0 spiro atoms. The van der Waals surface area contributed by atoms with Crippen molar-refractivity contribution >= 4 is 63.8 Å². The van der Waals surface area contributed by atoms with E-state index in [9.17, 15) is 9.59 Å². The van der Waals surface area contributed by atoms with Crippen LogP contribution in [0.5, 0.6) is 11.5 Å². The maximum absolute atomic E-state index is 13.2. The van der Waals surface area contributed by atoms with E-state index in [2.05, 4.69) is 39.8 Å². The second-order valence-electron chi connectivity index (χ2n) is 9.67. The van der Waals surface area contributed by atoms with E-state index >= 15 is 0 Å². The number of carbonyl (C=O) groups is 2. The van der Waals surface area contributed by atoms with Gasteiger partial charge in [0, 0.05) is 15.6 Å². The van der Waals surface area contributed by atoms with Crippen LogP contribution in [-0.2, 0) is 16.2 Å². The molecule has 2 aromatic carbocycles. The van der Waals surface area contributed by atoms with Gasteiger partial charge in [-0.3, -0.25) is 9.59 Å². The third-order valence-corrected chi connectivity index (χ3v) is 9.07. The van der Waals surface area contributed by atoms with Crippen molar-refractivity contribution < 1.29 is 19.1 Å². The van der Waals surface area contributed by atoms with Gasteiger partial charge in [0.1, 0.15) is 6.61 Å². The summed E-state index contributed by atoms with van der Waals surface area (Å²) in [4.78, 5) is 26.4. The fraction of sp³-hybridized carbons (Fsp3) is 0.370. The number of hydrogen-bond acceptors (Lipinski definition) is 5. The van der Waals surface area contributed by atoms with Crippen LogP contribution in [0.3, 0.4) is 0 Å². The summed E-state index contributed by atoms with van der Waals surface area (Å²) in [6, 6.07) is 8.95. The summed E-state index contributed by atoms with van der Waals surface area (Å²) in [6.07, 6.45) is 7.00. The van der Waals surface area contributed by atoms with E-state index in [4.69, 9.17) is 32.7 Å². The van der Waals surface area contributed by atoms with E-state index in [1.807, 2.05) is 19.1 Å². The fourth-order valence-electron chi connectivity index (χ4n) is 6.03. The topological polar surface area (TPSA) is 68.2 Å². The van der Waals surface area contributed by atoms with Gasteiger partial charge in [0.15, 0.2) is 11.5 Å². The monoisotopic (exact) mass is 636 g/mol. The van der Waals surface area contributed by atoms with E-state index in [0.717, 1.165) is 20.6 Å². The number of hydrogen-bond donors (Lipinski definition) is 0. The van der Waals surface area contributed by atoms with Crippen LogP contribution in [0.15, 0.2) is 47.6 Å². The molecule has 2 bridgehead atoms. The lowest BCUT2D eigenvalue weighted by Crippen LogP contribution is -2.40. The molecule has 7 rings (SSSR count). The molecule has 1 saturated heterocycles. The lowest BCUT2D eigenvalue weighted by atomic mass is 9.63. The minimum Gasteiger partial charge on any atom is -0.490 e. The molecule has 6 nitrogen and oxygen atoms in total. The zero-order chi connectivity index (χ0) is 25.1. The lowest BCUT2D eigenvalue weighted by Gasteiger charge is -2.37. The van der Waals surface area contributed by atoms with Gasteiger partial charge in [0.2, 0.25) is 0 Å². The Bertz CT molecular complexity index is 1290. The number of benzene rings is 2. The molecule has 0 radical (unpaired) electrons. The zero-order valence-corrected chi connectivity index (χ0v) is 23.0. The summed E-state index contributed by atoms with van der Waals surface area (Å²) < 4.78 is 12.7. The number of imide groups is 1. The molecule has 1 aliphatic heterocycles. The average molecular weight is 637 g/mol. The van der Waals surface area contributed by atoms with Crippen LogP contribution in [0.2, 0.25) is 10.0 Å². The highest BCUT2D eigenvalue weighted by molar-refractivity contribution is 14.1. The molecule has 3 fully saturated rings. The van der Waals surface area contributed by atoms with E-state index in [1.54, 1.807) is 24.4 Å². The van der Waals surface area contributed by atoms with E-state index in [-0.39, 0.29) is 42.1 Å². The summed E-state index contributed by atoms with van der Waals surface area (Å²) >= 11 is 14.5. The number of ether oxygens (including phenoxy) is 2. The first-order valence-electron chi connectivity index (χ1n) is 12.0. The first-order chi connectivity index (χ1) is 17.4. The molecular formula is C27H23Cl2IN2O4. The molecule has 5 aliphatic rings. The molecule has 36 heavy (non-hydrogen) atoms. The summed E-state index contributed by atoms with van der Waals surface area (Å²) in [5, 5.41) is 6.53. The minimum atomic E-state index is -0.261. The number of halogens is 3. The van der Waals surface area contributed by atoms with Crippen molar-refractivity contribution in [2.24, 2.45) is 40.6 Å². The molecule has 4 aliphatic carbocycles. The van der Waals surface area contributed by atoms with Gasteiger partial charge in [0.05, 0.1) is 28.2 Å². The molecule has 2 amide bonds. The number of carbonyl (C=O) groups excluding carboxylic acids is 2. The third kappa shape index (κ3) is 4.03. The molecule has 9 heteroatoms. The Kier molecular flexibility index (Phi) is 6.29. The van der Waals surface area contributed by atoms with Gasteiger partial charge >= 0.3 is 0 Å². The number of hydrazone groups is 1. The van der Waals surface area contributed by atoms with Crippen LogP contribution in [-0.4, -0.2) is 29.6 Å². The second kappa shape index (κ2) is 9.33. The average Bonchev–Trinajstić information content (AvgIpc) is 3.63. The summed E-state index contributed by atoms with van der Waals surface area (Å²) in [5.41, 5.74) is 1.51. The highest BCUT2D eigenvalue weighted by Crippen LogP contribution is 2.65. The molecular weight excluding hydrogens is 614 g/mol. The quantitative estimate of drug-likeness (QED) is 0.163. The number of allylic oxidation sites excluding steroid dienone is 2. The molecule has 2 aromatic rings. The second-order valence-corrected chi connectivity index (χ2v) is 11.7. The predicted molar refractivity (Wildman–Crippen MR) is 145 cm³/mol. The van der Waals surface area contributed by atoms with Gasteiger partial charge in [0.25, 0.3) is 11.8 Å². The van der Waals surface area contributed by atoms with Crippen LogP contribution in [0.1, 0.15) is 24.5 Å². The SMILES string of the molecule is CCOc1cc(C=NN2C(=O)[C@@H]3[C@H]4C=C[C@@H]([C@@H]5C[C@@H]45)[C@H]3C2=O)cc(I)c1OCc1ccc(Cl)cc1Cl. The van der Waals surface area contributed by atoms with Crippen molar-refractivity contribution in [3.63, 3.8) is 0 Å². The van der Waals surface area contributed by atoms with Crippen molar-refractivity contribution in [3.05, 3.63) is 67.2 Å². The highest BCUT2D eigenvalue weighted by atomic mass is 127. The molecule has 2 saturated carbocycles. The number of rotatable bonds is 7. The normalized spacial score (nSPS) is 29.6. The molecule has 6 atom stereocenters. The summed E-state index contributed by atoms with van der Waals surface area (Å²) in [7, 11) is 0. The van der Waals surface area contributed by atoms with Crippen molar-refractivity contribution in [2.75, 3.05) is 6.61 Å². The highest BCUT2D eigenvalue weighted by Gasteiger charge is 2.67. The van der Waals surface area contributed by atoms with Gasteiger partial charge in [-0.05, 0) is 89.4 Å². The van der Waals surface area contributed by atoms with Crippen LogP contribution >= 0.6 is 45.8 Å². The van der Waals surface area contributed by atoms with Gasteiger partial charge in [-0.25, -0.2) is 0 Å². The predicted octanol–water partition coefficient (Wildman–Crippen LogP) is 5.96. The Balaban J connectivity index is 1.22. The fourth-order valence-corrected chi connectivity index (χ4v) is 7.28. The van der Waals surface area contributed by atoms with Crippen molar-refractivity contribution in [1.29, 1.82) is 0 Å². The lowest BCUT2D eigenvalue weighted by molar-refractivity contribution is -0.140. The molecule has 0 N–H and O–H groups in total. The molecule has 1 heterocycles. The Morgan fingerprint density at radius 2 is 1.75 bits per heavy atom. The van der Waals surface area contributed by atoms with Crippen LogP contribution in [0.25, 0.3) is 0 Å². The van der Waals surface area contributed by atoms with Crippen LogP contribution < -0.4 is 9.47 Å². The van der Waals surface area contributed by atoms with E-state index < -0.39 is 0 Å². The van der Waals surface area contributed by atoms with E-state index in [0.29, 0.717) is 45.6 Å². The number of amides is 2. The maximum atomic E-state index is 13.2. The van der Waals surface area contributed by atoms with Gasteiger partial charge < -0.3 is 9.47 Å². The Morgan fingerprint density at radius 3 is 2.39 bits per heavy atom. The third-order valence-electron chi connectivity index (χ3n) is 7.68. The minimum absolute atomic E-state index is 0.175. The Hall–Kier alpha value is -2.10. The molecule has 186 valence electrons. The van der Waals surface area contributed by atoms with Crippen molar-refractivity contribution in [2.45, 2.75) is 20.0 Å². The molecule has 0 unspecified atom stereocenters. The standard InChI is InChI=1S/C27H23Cl2IN2O4/c1-2-35-22-8-13(7-21(30)25(22)36-12-14-3-4-15(28)9-20(14)29)11-31-32-26(33)23-16-5-6-17(19-10-18(16)19)24(23)27(32)34/h3-9,11,16-19,23-24H,2,10,12H2,1H3/t16-,17-,18-,19-,23+,24+/m0/s1.